The number of aromatic nitrogens is 1. The van der Waals surface area contributed by atoms with E-state index in [2.05, 4.69) is 10.3 Å². The predicted octanol–water partition coefficient (Wildman–Crippen LogP) is 6.24. The SMILES string of the molecule is C/C=C\C(=C/C)c1cc(Oc2cccc(C(=O)NCc3ccc(OC)c(F)c3)c2C)ccn1. The Morgan fingerprint density at radius 2 is 1.94 bits per heavy atom. The number of halogens is 1. The van der Waals surface area contributed by atoms with E-state index in [1.807, 2.05) is 51.1 Å². The van der Waals surface area contributed by atoms with Crippen LogP contribution >= 0.6 is 0 Å². The van der Waals surface area contributed by atoms with E-state index >= 15 is 0 Å². The molecule has 3 aromatic rings. The third-order valence-corrected chi connectivity index (χ3v) is 5.11. The zero-order valence-electron chi connectivity index (χ0n) is 19.2. The lowest BCUT2D eigenvalue weighted by molar-refractivity contribution is 0.0950. The molecule has 33 heavy (non-hydrogen) atoms. The number of nitrogens with one attached hydrogen (secondary N) is 1. The first-order chi connectivity index (χ1) is 16.0. The predicted molar refractivity (Wildman–Crippen MR) is 128 cm³/mol. The molecule has 0 atom stereocenters. The number of amides is 1. The number of ether oxygens (including phenoxy) is 2. The maximum atomic E-state index is 13.9. The second-order valence-electron chi connectivity index (χ2n) is 7.30. The van der Waals surface area contributed by atoms with Crippen LogP contribution in [0.25, 0.3) is 5.57 Å². The summed E-state index contributed by atoms with van der Waals surface area (Å²) in [4.78, 5) is 17.2. The van der Waals surface area contributed by atoms with E-state index < -0.39 is 5.82 Å². The summed E-state index contributed by atoms with van der Waals surface area (Å²) >= 11 is 0. The number of methoxy groups -OCH3 is 1. The van der Waals surface area contributed by atoms with Gasteiger partial charge in [0.1, 0.15) is 11.5 Å². The van der Waals surface area contributed by atoms with E-state index in [1.54, 1.807) is 30.5 Å². The van der Waals surface area contributed by atoms with Crippen LogP contribution in [0.1, 0.15) is 41.0 Å². The van der Waals surface area contributed by atoms with Crippen LogP contribution in [0.15, 0.2) is 73.0 Å². The molecule has 1 amide bonds. The first-order valence-corrected chi connectivity index (χ1v) is 10.6. The van der Waals surface area contributed by atoms with E-state index in [4.69, 9.17) is 9.47 Å². The van der Waals surface area contributed by atoms with Crippen molar-refractivity contribution in [1.82, 2.24) is 10.3 Å². The Kier molecular flexibility index (Phi) is 7.97. The zero-order valence-corrected chi connectivity index (χ0v) is 19.2. The van der Waals surface area contributed by atoms with Crippen LogP contribution < -0.4 is 14.8 Å². The average Bonchev–Trinajstić information content (AvgIpc) is 2.82. The molecule has 1 heterocycles. The monoisotopic (exact) mass is 446 g/mol. The Morgan fingerprint density at radius 1 is 1.12 bits per heavy atom. The van der Waals surface area contributed by atoms with E-state index in [-0.39, 0.29) is 18.2 Å². The molecule has 0 spiro atoms. The summed E-state index contributed by atoms with van der Waals surface area (Å²) < 4.78 is 24.9. The molecule has 0 radical (unpaired) electrons. The van der Waals surface area contributed by atoms with Crippen molar-refractivity contribution in [3.8, 4) is 17.2 Å². The third-order valence-electron chi connectivity index (χ3n) is 5.11. The van der Waals surface area contributed by atoms with E-state index in [1.165, 1.54) is 19.2 Å². The molecule has 0 unspecified atom stereocenters. The highest BCUT2D eigenvalue weighted by Crippen LogP contribution is 2.29. The second kappa shape index (κ2) is 11.1. The molecule has 0 bridgehead atoms. The molecule has 1 N–H and O–H groups in total. The Balaban J connectivity index is 1.75. The van der Waals surface area contributed by atoms with Crippen molar-refractivity contribution in [2.24, 2.45) is 0 Å². The molecule has 1 aromatic heterocycles. The van der Waals surface area contributed by atoms with Gasteiger partial charge in [0.05, 0.1) is 12.8 Å². The summed E-state index contributed by atoms with van der Waals surface area (Å²) in [5.74, 6) is 0.621. The van der Waals surface area contributed by atoms with Crippen LogP contribution in [0.5, 0.6) is 17.2 Å². The molecule has 5 nitrogen and oxygen atoms in total. The smallest absolute Gasteiger partial charge is 0.251 e. The number of pyridine rings is 1. The summed E-state index contributed by atoms with van der Waals surface area (Å²) in [6, 6.07) is 13.5. The van der Waals surface area contributed by atoms with Gasteiger partial charge in [-0.15, -0.1) is 0 Å². The number of carbonyl (C=O) groups excluding carboxylic acids is 1. The summed E-state index contributed by atoms with van der Waals surface area (Å²) in [5, 5.41) is 2.83. The van der Waals surface area contributed by atoms with Crippen LogP contribution in [-0.4, -0.2) is 18.0 Å². The molecular formula is C27H27FN2O3. The third kappa shape index (κ3) is 5.86. The van der Waals surface area contributed by atoms with E-state index in [9.17, 15) is 9.18 Å². The Morgan fingerprint density at radius 3 is 2.64 bits per heavy atom. The normalized spacial score (nSPS) is 11.5. The quantitative estimate of drug-likeness (QED) is 0.416. The van der Waals surface area contributed by atoms with Gasteiger partial charge >= 0.3 is 0 Å². The van der Waals surface area contributed by atoms with Crippen molar-refractivity contribution >= 4 is 11.5 Å². The molecule has 0 aliphatic heterocycles. The van der Waals surface area contributed by atoms with Gasteiger partial charge in [-0.2, -0.15) is 0 Å². The molecular weight excluding hydrogens is 419 g/mol. The van der Waals surface area contributed by atoms with Crippen molar-refractivity contribution in [1.29, 1.82) is 0 Å². The highest BCUT2D eigenvalue weighted by atomic mass is 19.1. The van der Waals surface area contributed by atoms with Crippen LogP contribution in [0.3, 0.4) is 0 Å². The maximum Gasteiger partial charge on any atom is 0.251 e. The Hall–Kier alpha value is -3.93. The number of hydrogen-bond acceptors (Lipinski definition) is 4. The summed E-state index contributed by atoms with van der Waals surface area (Å²) in [5.41, 5.74) is 3.61. The van der Waals surface area contributed by atoms with Gasteiger partial charge in [0.2, 0.25) is 0 Å². The van der Waals surface area contributed by atoms with Crippen LogP contribution in [0.4, 0.5) is 4.39 Å². The van der Waals surface area contributed by atoms with Gasteiger partial charge in [-0.1, -0.05) is 30.4 Å². The lowest BCUT2D eigenvalue weighted by Gasteiger charge is -2.13. The van der Waals surface area contributed by atoms with Crippen LogP contribution in [0, 0.1) is 12.7 Å². The minimum Gasteiger partial charge on any atom is -0.494 e. The topological polar surface area (TPSA) is 60.5 Å². The lowest BCUT2D eigenvalue weighted by atomic mass is 10.1. The van der Waals surface area contributed by atoms with Gasteiger partial charge in [0.25, 0.3) is 5.91 Å². The molecule has 2 aromatic carbocycles. The lowest BCUT2D eigenvalue weighted by Crippen LogP contribution is -2.23. The van der Waals surface area contributed by atoms with Crippen molar-refractivity contribution < 1.29 is 18.7 Å². The minimum absolute atomic E-state index is 0.164. The van der Waals surface area contributed by atoms with Crippen LogP contribution in [-0.2, 0) is 6.54 Å². The van der Waals surface area contributed by atoms with Gasteiger partial charge in [-0.3, -0.25) is 9.78 Å². The number of allylic oxidation sites excluding steroid dienone is 4. The molecule has 3 rings (SSSR count). The summed E-state index contributed by atoms with van der Waals surface area (Å²) in [6.07, 6.45) is 7.61. The fourth-order valence-corrected chi connectivity index (χ4v) is 3.34. The Labute approximate surface area is 193 Å². The minimum atomic E-state index is -0.469. The largest absolute Gasteiger partial charge is 0.494 e. The van der Waals surface area contributed by atoms with Crippen molar-refractivity contribution in [3.05, 3.63) is 101 Å². The Bertz CT molecular complexity index is 1200. The van der Waals surface area contributed by atoms with Crippen molar-refractivity contribution in [2.45, 2.75) is 27.3 Å². The molecule has 0 saturated carbocycles. The van der Waals surface area contributed by atoms with E-state index in [0.29, 0.717) is 28.2 Å². The molecule has 0 aliphatic carbocycles. The summed E-state index contributed by atoms with van der Waals surface area (Å²) in [7, 11) is 1.41. The molecule has 0 fully saturated rings. The first kappa shape index (κ1) is 23.7. The van der Waals surface area contributed by atoms with Gasteiger partial charge in [0.15, 0.2) is 11.6 Å². The fourth-order valence-electron chi connectivity index (χ4n) is 3.34. The molecule has 6 heteroatoms. The highest BCUT2D eigenvalue weighted by molar-refractivity contribution is 5.96. The first-order valence-electron chi connectivity index (χ1n) is 10.6. The van der Waals surface area contributed by atoms with Gasteiger partial charge in [0, 0.05) is 29.9 Å². The molecule has 0 aliphatic rings. The fraction of sp³-hybridized carbons (Fsp3) is 0.185. The molecule has 0 saturated heterocycles. The maximum absolute atomic E-state index is 13.9. The van der Waals surface area contributed by atoms with E-state index in [0.717, 1.165) is 11.3 Å². The van der Waals surface area contributed by atoms with Gasteiger partial charge in [-0.05, 0) is 62.2 Å². The van der Waals surface area contributed by atoms with Crippen LogP contribution in [0.2, 0.25) is 0 Å². The number of nitrogens with zero attached hydrogens (tertiary/aromatic N) is 1. The number of hydrogen-bond donors (Lipinski definition) is 1. The summed E-state index contributed by atoms with van der Waals surface area (Å²) in [6.45, 7) is 5.93. The van der Waals surface area contributed by atoms with Crippen molar-refractivity contribution in [3.63, 3.8) is 0 Å². The van der Waals surface area contributed by atoms with Crippen molar-refractivity contribution in [2.75, 3.05) is 7.11 Å². The van der Waals surface area contributed by atoms with Gasteiger partial charge < -0.3 is 14.8 Å². The average molecular weight is 447 g/mol. The standard InChI is InChI=1S/C27H27FN2O3/c1-5-8-20(6-2)24-16-21(13-14-29-24)33-25-10-7-9-22(18(25)3)27(31)30-17-19-11-12-26(32-4)23(28)15-19/h5-16H,17H2,1-4H3,(H,30,31)/b8-5-,20-6+. The number of rotatable bonds is 8. The van der Waals surface area contributed by atoms with Gasteiger partial charge in [-0.25, -0.2) is 4.39 Å². The zero-order chi connectivity index (χ0) is 23.8. The molecule has 170 valence electrons. The number of benzene rings is 2. The second-order valence-corrected chi connectivity index (χ2v) is 7.30. The number of carbonyl (C=O) groups is 1. The highest BCUT2D eigenvalue weighted by Gasteiger charge is 2.14.